The van der Waals surface area contributed by atoms with E-state index in [0.29, 0.717) is 13.0 Å². The number of carboxylic acid groups (broad SMARTS) is 1. The predicted molar refractivity (Wildman–Crippen MR) is 77.8 cm³/mol. The summed E-state index contributed by atoms with van der Waals surface area (Å²) in [4.78, 5) is 36.6. The van der Waals surface area contributed by atoms with Crippen LogP contribution in [0.1, 0.15) is 41.0 Å². The molecule has 0 radical (unpaired) electrons. The maximum atomic E-state index is 12.1. The number of carbonyl (C=O) groups is 3. The number of nitrogens with one attached hydrogen (secondary N) is 2. The van der Waals surface area contributed by atoms with Gasteiger partial charge in [-0.3, -0.25) is 9.59 Å². The molecule has 1 saturated heterocycles. The first-order chi connectivity index (χ1) is 9.44. The molecule has 7 nitrogen and oxygen atoms in total. The number of amides is 3. The van der Waals surface area contributed by atoms with Crippen LogP contribution in [0, 0.1) is 5.41 Å². The fourth-order valence-electron chi connectivity index (χ4n) is 2.13. The molecule has 1 aliphatic heterocycles. The molecule has 0 bridgehead atoms. The van der Waals surface area contributed by atoms with Crippen molar-refractivity contribution in [3.63, 3.8) is 0 Å². The van der Waals surface area contributed by atoms with Gasteiger partial charge in [0.15, 0.2) is 0 Å². The third-order valence-electron chi connectivity index (χ3n) is 3.51. The summed E-state index contributed by atoms with van der Waals surface area (Å²) in [6, 6.07) is -1.08. The van der Waals surface area contributed by atoms with E-state index in [1.165, 1.54) is 4.90 Å². The molecule has 0 aromatic carbocycles. The van der Waals surface area contributed by atoms with Crippen LogP contribution in [0.15, 0.2) is 0 Å². The van der Waals surface area contributed by atoms with E-state index >= 15 is 0 Å². The molecular weight excluding hydrogens is 274 g/mol. The van der Waals surface area contributed by atoms with E-state index in [0.717, 1.165) is 0 Å². The average Bonchev–Trinajstić information content (AvgIpc) is 2.71. The summed E-state index contributed by atoms with van der Waals surface area (Å²) in [7, 11) is 0. The Hall–Kier alpha value is -1.79. The third-order valence-corrected chi connectivity index (χ3v) is 3.51. The molecule has 2 unspecified atom stereocenters. The number of likely N-dealkylation sites (tertiary alicyclic amines) is 1. The van der Waals surface area contributed by atoms with Crippen molar-refractivity contribution in [1.29, 1.82) is 0 Å². The van der Waals surface area contributed by atoms with Crippen LogP contribution in [0.3, 0.4) is 0 Å². The first kappa shape index (κ1) is 17.3. The Bertz CT molecular complexity index is 444. The number of nitrogens with zero attached hydrogens (tertiary/aromatic N) is 1. The van der Waals surface area contributed by atoms with Gasteiger partial charge in [-0.15, -0.1) is 0 Å². The summed E-state index contributed by atoms with van der Waals surface area (Å²) >= 11 is 0. The Labute approximate surface area is 125 Å². The maximum absolute atomic E-state index is 12.1. The van der Waals surface area contributed by atoms with Gasteiger partial charge < -0.3 is 20.6 Å². The number of carbonyl (C=O) groups excluding carboxylic acids is 2. The second-order valence-electron chi connectivity index (χ2n) is 6.95. The predicted octanol–water partition coefficient (Wildman–Crippen LogP) is 0.796. The number of hydrogen-bond donors (Lipinski definition) is 3. The smallest absolute Gasteiger partial charge is 0.318 e. The highest BCUT2D eigenvalue weighted by Crippen LogP contribution is 2.29. The minimum Gasteiger partial charge on any atom is -0.481 e. The van der Waals surface area contributed by atoms with Crippen molar-refractivity contribution in [2.75, 3.05) is 13.1 Å². The van der Waals surface area contributed by atoms with Crippen molar-refractivity contribution >= 4 is 17.9 Å². The molecule has 1 fully saturated rings. The summed E-state index contributed by atoms with van der Waals surface area (Å²) < 4.78 is 0. The molecule has 0 spiro atoms. The van der Waals surface area contributed by atoms with Crippen molar-refractivity contribution in [2.24, 2.45) is 5.41 Å². The van der Waals surface area contributed by atoms with E-state index in [4.69, 9.17) is 5.11 Å². The summed E-state index contributed by atoms with van der Waals surface area (Å²) in [5, 5.41) is 14.5. The molecule has 0 aliphatic carbocycles. The van der Waals surface area contributed by atoms with Crippen molar-refractivity contribution < 1.29 is 19.5 Å². The monoisotopic (exact) mass is 299 g/mol. The lowest BCUT2D eigenvalue weighted by atomic mass is 9.90. The van der Waals surface area contributed by atoms with E-state index in [1.807, 2.05) is 20.8 Å². The standard InChI is InChI=1S/C14H25N3O4/c1-9(10(18)16-13(2,3)4)15-12(21)17-7-6-14(5,8-17)11(19)20/h9H,6-8H2,1-5H3,(H,15,21)(H,16,18)(H,19,20). The molecule has 1 aliphatic rings. The molecule has 7 heteroatoms. The highest BCUT2D eigenvalue weighted by atomic mass is 16.4. The third kappa shape index (κ3) is 4.61. The normalized spacial score (nSPS) is 23.6. The van der Waals surface area contributed by atoms with E-state index in [-0.39, 0.29) is 18.0 Å². The molecule has 3 amide bonds. The SMILES string of the molecule is CC(NC(=O)N1CCC(C)(C(=O)O)C1)C(=O)NC(C)(C)C. The van der Waals surface area contributed by atoms with Crippen LogP contribution in [0.4, 0.5) is 4.79 Å². The highest BCUT2D eigenvalue weighted by molar-refractivity contribution is 5.87. The van der Waals surface area contributed by atoms with Crippen molar-refractivity contribution in [1.82, 2.24) is 15.5 Å². The number of aliphatic carboxylic acids is 1. The topological polar surface area (TPSA) is 98.7 Å². The van der Waals surface area contributed by atoms with Gasteiger partial charge in [-0.1, -0.05) is 0 Å². The van der Waals surface area contributed by atoms with Gasteiger partial charge in [0.05, 0.1) is 5.41 Å². The fourth-order valence-corrected chi connectivity index (χ4v) is 2.13. The number of urea groups is 1. The van der Waals surface area contributed by atoms with Crippen molar-refractivity contribution in [2.45, 2.75) is 52.6 Å². The Morgan fingerprint density at radius 1 is 1.29 bits per heavy atom. The minimum atomic E-state index is -0.908. The lowest BCUT2D eigenvalue weighted by molar-refractivity contribution is -0.147. The quantitative estimate of drug-likeness (QED) is 0.717. The number of hydrogen-bond acceptors (Lipinski definition) is 3. The van der Waals surface area contributed by atoms with Crippen molar-refractivity contribution in [3.8, 4) is 0 Å². The summed E-state index contributed by atoms with van der Waals surface area (Å²) in [5.41, 5.74) is -1.28. The van der Waals surface area contributed by atoms with Crippen molar-refractivity contribution in [3.05, 3.63) is 0 Å². The van der Waals surface area contributed by atoms with Gasteiger partial charge in [0, 0.05) is 18.6 Å². The lowest BCUT2D eigenvalue weighted by Gasteiger charge is -2.25. The van der Waals surface area contributed by atoms with E-state index in [1.54, 1.807) is 13.8 Å². The molecule has 21 heavy (non-hydrogen) atoms. The fraction of sp³-hybridized carbons (Fsp3) is 0.786. The maximum Gasteiger partial charge on any atom is 0.318 e. The first-order valence-corrected chi connectivity index (χ1v) is 7.05. The molecular formula is C14H25N3O4. The van der Waals surface area contributed by atoms with E-state index < -0.39 is 23.5 Å². The molecule has 3 N–H and O–H groups in total. The zero-order valence-corrected chi connectivity index (χ0v) is 13.3. The molecule has 0 aromatic heterocycles. The van der Waals surface area contributed by atoms with Gasteiger partial charge in [0.2, 0.25) is 5.91 Å². The molecule has 0 saturated carbocycles. The van der Waals surface area contributed by atoms with Crippen LogP contribution in [-0.4, -0.2) is 52.6 Å². The van der Waals surface area contributed by atoms with Crippen LogP contribution >= 0.6 is 0 Å². The van der Waals surface area contributed by atoms with Gasteiger partial charge in [0.1, 0.15) is 6.04 Å². The lowest BCUT2D eigenvalue weighted by Crippen LogP contribution is -2.53. The van der Waals surface area contributed by atoms with Crippen LogP contribution in [0.25, 0.3) is 0 Å². The number of rotatable bonds is 3. The van der Waals surface area contributed by atoms with Crippen LogP contribution in [0.2, 0.25) is 0 Å². The minimum absolute atomic E-state index is 0.155. The molecule has 2 atom stereocenters. The molecule has 0 aromatic rings. The van der Waals surface area contributed by atoms with Crippen LogP contribution in [-0.2, 0) is 9.59 Å². The van der Waals surface area contributed by atoms with E-state index in [9.17, 15) is 14.4 Å². The molecule has 120 valence electrons. The Morgan fingerprint density at radius 2 is 1.86 bits per heavy atom. The summed E-state index contributed by atoms with van der Waals surface area (Å²) in [6.45, 7) is 9.34. The number of carboxylic acids is 1. The van der Waals surface area contributed by atoms with Gasteiger partial charge in [-0.2, -0.15) is 0 Å². The zero-order valence-electron chi connectivity index (χ0n) is 13.3. The average molecular weight is 299 g/mol. The zero-order chi connectivity index (χ0) is 16.4. The molecule has 1 rings (SSSR count). The Morgan fingerprint density at radius 3 is 2.29 bits per heavy atom. The largest absolute Gasteiger partial charge is 0.481 e. The molecule has 1 heterocycles. The van der Waals surface area contributed by atoms with E-state index in [2.05, 4.69) is 10.6 Å². The van der Waals surface area contributed by atoms with Gasteiger partial charge in [-0.05, 0) is 41.0 Å². The Balaban J connectivity index is 2.55. The van der Waals surface area contributed by atoms with Gasteiger partial charge >= 0.3 is 12.0 Å². The second kappa shape index (κ2) is 5.91. The first-order valence-electron chi connectivity index (χ1n) is 7.05. The van der Waals surface area contributed by atoms with Crippen LogP contribution in [0.5, 0.6) is 0 Å². The second-order valence-corrected chi connectivity index (χ2v) is 6.95. The highest BCUT2D eigenvalue weighted by Gasteiger charge is 2.42. The van der Waals surface area contributed by atoms with Gasteiger partial charge in [-0.25, -0.2) is 4.79 Å². The Kier molecular flexibility index (Phi) is 4.86. The van der Waals surface area contributed by atoms with Gasteiger partial charge in [0.25, 0.3) is 0 Å². The summed E-state index contributed by atoms with van der Waals surface area (Å²) in [5.74, 6) is -1.17. The summed E-state index contributed by atoms with van der Waals surface area (Å²) in [6.07, 6.45) is 0.415. The van der Waals surface area contributed by atoms with Crippen LogP contribution < -0.4 is 10.6 Å².